The molecule has 0 spiro atoms. The Morgan fingerprint density at radius 2 is 1.74 bits per heavy atom. The summed E-state index contributed by atoms with van der Waals surface area (Å²) in [5.41, 5.74) is 10.4. The van der Waals surface area contributed by atoms with Crippen LogP contribution in [0.25, 0.3) is 22.2 Å². The van der Waals surface area contributed by atoms with Crippen LogP contribution in [-0.2, 0) is 4.74 Å². The van der Waals surface area contributed by atoms with Gasteiger partial charge in [0.05, 0.1) is 40.9 Å². The highest BCUT2D eigenvalue weighted by Gasteiger charge is 2.36. The van der Waals surface area contributed by atoms with Crippen LogP contribution in [0.15, 0.2) is 117 Å². The predicted octanol–water partition coefficient (Wildman–Crippen LogP) is 15.6. The normalized spacial score (nSPS) is 20.7. The second kappa shape index (κ2) is 22.9. The zero-order valence-corrected chi connectivity index (χ0v) is 40.0. The summed E-state index contributed by atoms with van der Waals surface area (Å²) in [5.74, 6) is 2.40. The van der Waals surface area contributed by atoms with E-state index in [-0.39, 0.29) is 17.7 Å². The standard InChI is InChI=1S/C53H64N4O2S3/c1-9-14-16-37(11-3)32-58-43-25-20-40(21-26-43)34(6)18-19-39(13-5)47-49-50(57-62-56-49)48(52-51(47)60-53(61-52)46(31-54)36(8)55)42-24-29-45(35(7)30-42)41-22-27-44(28-23-41)59-33-38(12-4)17-15-10-2/h11,13,18-23,25-27,29,35,37-38,42,44,55H,3,6,9-10,12,14-17,24,28,30,32-33H2,1-2,4-5,7-8H3/b19-18-,39-13+,53-46+,55-36?. The quantitative estimate of drug-likeness (QED) is 0.0493. The minimum atomic E-state index is 0.144. The lowest BCUT2D eigenvalue weighted by Crippen LogP contribution is -2.19. The molecule has 5 atom stereocenters. The number of nitriles is 1. The number of aromatic nitrogens is 2. The van der Waals surface area contributed by atoms with Crippen LogP contribution in [0.3, 0.4) is 0 Å². The molecule has 2 aromatic carbocycles. The fourth-order valence-electron chi connectivity index (χ4n) is 8.59. The molecule has 6 rings (SSSR count). The second-order valence-corrected chi connectivity index (χ2v) is 19.7. The molecule has 0 saturated carbocycles. The summed E-state index contributed by atoms with van der Waals surface area (Å²) in [6, 6.07) is 10.5. The lowest BCUT2D eigenvalue weighted by molar-refractivity contribution is 0.0538. The molecule has 326 valence electrons. The van der Waals surface area contributed by atoms with E-state index < -0.39 is 0 Å². The minimum Gasteiger partial charge on any atom is -0.493 e. The summed E-state index contributed by atoms with van der Waals surface area (Å²) < 4.78 is 23.3. The Morgan fingerprint density at radius 3 is 2.39 bits per heavy atom. The number of unbranched alkanes of at least 4 members (excludes halogenated alkanes) is 2. The Kier molecular flexibility index (Phi) is 17.5. The highest BCUT2D eigenvalue weighted by molar-refractivity contribution is 8.24. The topological polar surface area (TPSA) is 91.9 Å². The van der Waals surface area contributed by atoms with Crippen LogP contribution in [0.2, 0.25) is 0 Å². The fourth-order valence-corrected chi connectivity index (χ4v) is 12.1. The zero-order valence-electron chi connectivity index (χ0n) is 37.6. The molecule has 1 aliphatic heterocycles. The molecule has 5 unspecified atom stereocenters. The number of hydrogen-bond donors (Lipinski definition) is 1. The van der Waals surface area contributed by atoms with Gasteiger partial charge in [0, 0.05) is 27.0 Å². The van der Waals surface area contributed by atoms with Crippen molar-refractivity contribution in [2.24, 2.45) is 17.8 Å². The molecule has 3 aliphatic rings. The van der Waals surface area contributed by atoms with Crippen LogP contribution in [0.5, 0.6) is 5.75 Å². The number of fused-ring (bicyclic) bond motifs is 2. The Hall–Kier alpha value is -4.20. The number of allylic oxidation sites excluding steroid dienone is 10. The summed E-state index contributed by atoms with van der Waals surface area (Å²) in [5, 5.41) is 18.7. The van der Waals surface area contributed by atoms with Crippen LogP contribution in [0, 0.1) is 34.5 Å². The van der Waals surface area contributed by atoms with Gasteiger partial charge in [-0.2, -0.15) is 14.0 Å². The fraction of sp³-hybridized carbons (Fsp3) is 0.434. The first-order valence-corrected chi connectivity index (χ1v) is 25.0. The van der Waals surface area contributed by atoms with Crippen molar-refractivity contribution in [2.45, 2.75) is 128 Å². The smallest absolute Gasteiger partial charge is 0.119 e. The Bertz CT molecular complexity index is 2340. The molecular formula is C53H64N4O2S3. The maximum Gasteiger partial charge on any atom is 0.119 e. The monoisotopic (exact) mass is 884 g/mol. The zero-order chi connectivity index (χ0) is 44.2. The van der Waals surface area contributed by atoms with Gasteiger partial charge >= 0.3 is 0 Å². The van der Waals surface area contributed by atoms with E-state index in [0.29, 0.717) is 29.9 Å². The van der Waals surface area contributed by atoms with Gasteiger partial charge in [0.2, 0.25) is 0 Å². The molecule has 0 radical (unpaired) electrons. The molecule has 9 heteroatoms. The van der Waals surface area contributed by atoms with Crippen LogP contribution in [-0.4, -0.2) is 33.8 Å². The number of nitrogens with zero attached hydrogens (tertiary/aromatic N) is 3. The minimum absolute atomic E-state index is 0.144. The average molecular weight is 885 g/mol. The molecule has 62 heavy (non-hydrogen) atoms. The summed E-state index contributed by atoms with van der Waals surface area (Å²) in [6.07, 6.45) is 28.9. The van der Waals surface area contributed by atoms with Crippen LogP contribution < -0.4 is 4.74 Å². The van der Waals surface area contributed by atoms with E-state index in [1.807, 2.05) is 18.2 Å². The molecule has 0 saturated heterocycles. The third kappa shape index (κ3) is 11.3. The Morgan fingerprint density at radius 1 is 1.00 bits per heavy atom. The first-order valence-electron chi connectivity index (χ1n) is 22.6. The molecular weight excluding hydrogens is 821 g/mol. The molecule has 2 aliphatic carbocycles. The van der Waals surface area contributed by atoms with Crippen molar-refractivity contribution in [3.63, 3.8) is 0 Å². The summed E-state index contributed by atoms with van der Waals surface area (Å²) in [4.78, 5) is 2.22. The molecule has 0 fully saturated rings. The van der Waals surface area contributed by atoms with Crippen molar-refractivity contribution in [2.75, 3.05) is 13.2 Å². The summed E-state index contributed by atoms with van der Waals surface area (Å²) >= 11 is 4.48. The number of thioether (sulfide) groups is 2. The van der Waals surface area contributed by atoms with Gasteiger partial charge in [-0.15, -0.1) is 6.58 Å². The first-order chi connectivity index (χ1) is 30.1. The molecule has 0 amide bonds. The van der Waals surface area contributed by atoms with Crippen molar-refractivity contribution < 1.29 is 9.47 Å². The maximum atomic E-state index is 10.2. The van der Waals surface area contributed by atoms with Gasteiger partial charge in [0.15, 0.2) is 0 Å². The predicted molar refractivity (Wildman–Crippen MR) is 266 cm³/mol. The van der Waals surface area contributed by atoms with Crippen LogP contribution >= 0.6 is 35.3 Å². The number of rotatable bonds is 21. The van der Waals surface area contributed by atoms with Crippen molar-refractivity contribution in [3.8, 4) is 11.8 Å². The lowest BCUT2D eigenvalue weighted by Gasteiger charge is -2.31. The van der Waals surface area contributed by atoms with Gasteiger partial charge in [-0.25, -0.2) is 0 Å². The van der Waals surface area contributed by atoms with E-state index >= 15 is 0 Å². The van der Waals surface area contributed by atoms with Crippen molar-refractivity contribution in [3.05, 3.63) is 124 Å². The van der Waals surface area contributed by atoms with Crippen LogP contribution in [0.4, 0.5) is 0 Å². The van der Waals surface area contributed by atoms with Gasteiger partial charge in [-0.05, 0) is 109 Å². The molecule has 1 N–H and O–H groups in total. The van der Waals surface area contributed by atoms with E-state index in [1.54, 1.807) is 30.4 Å². The van der Waals surface area contributed by atoms with E-state index in [2.05, 4.69) is 109 Å². The Labute approximate surface area is 384 Å². The molecule has 1 aromatic heterocycles. The average Bonchev–Trinajstić information content (AvgIpc) is 3.95. The van der Waals surface area contributed by atoms with Gasteiger partial charge in [0.1, 0.15) is 22.9 Å². The van der Waals surface area contributed by atoms with Gasteiger partial charge in [-0.1, -0.05) is 151 Å². The lowest BCUT2D eigenvalue weighted by atomic mass is 9.75. The second-order valence-electron chi connectivity index (χ2n) is 16.9. The molecule has 6 nitrogen and oxygen atoms in total. The number of hydrogen-bond acceptors (Lipinski definition) is 9. The maximum absolute atomic E-state index is 10.2. The number of ether oxygens (including phenoxy) is 2. The summed E-state index contributed by atoms with van der Waals surface area (Å²) in [7, 11) is 0. The van der Waals surface area contributed by atoms with Crippen molar-refractivity contribution in [1.82, 2.24) is 8.75 Å². The number of nitrogens with one attached hydrogen (secondary N) is 1. The van der Waals surface area contributed by atoms with Gasteiger partial charge < -0.3 is 14.9 Å². The first kappa shape index (κ1) is 47.3. The van der Waals surface area contributed by atoms with Gasteiger partial charge in [0.25, 0.3) is 0 Å². The van der Waals surface area contributed by atoms with Gasteiger partial charge in [-0.3, -0.25) is 0 Å². The Balaban J connectivity index is 1.25. The SMILES string of the molecule is C=CC(CCCC)COc1ccc(C(=C)/C=C\C(=C/C)c2c3c(c(C4CC=C(C5=CCC(OCC(CC)CCCC)C=C5)C(C)C4)c4nsnc24)S/C(=C(\C#N)C(C)=N)S3)cc1. The molecule has 2 heterocycles. The molecule has 0 bridgehead atoms. The van der Waals surface area contributed by atoms with E-state index in [9.17, 15) is 5.26 Å². The largest absolute Gasteiger partial charge is 0.493 e. The van der Waals surface area contributed by atoms with Crippen LogP contribution in [0.1, 0.15) is 128 Å². The summed E-state index contributed by atoms with van der Waals surface area (Å²) in [6.45, 7) is 22.7. The van der Waals surface area contributed by atoms with E-state index in [0.717, 1.165) is 91.8 Å². The molecule has 3 aromatic rings. The highest BCUT2D eigenvalue weighted by atomic mass is 32.2. The van der Waals surface area contributed by atoms with E-state index in [1.165, 1.54) is 60.5 Å². The van der Waals surface area contributed by atoms with Crippen molar-refractivity contribution >= 4 is 63.1 Å². The van der Waals surface area contributed by atoms with E-state index in [4.69, 9.17) is 23.6 Å². The third-order valence-electron chi connectivity index (χ3n) is 12.4. The third-order valence-corrected chi connectivity index (χ3v) is 15.6. The number of benzene rings is 2. The highest BCUT2D eigenvalue weighted by Crippen LogP contribution is 2.60. The van der Waals surface area contributed by atoms with Crippen molar-refractivity contribution in [1.29, 1.82) is 10.7 Å².